The van der Waals surface area contributed by atoms with Crippen LogP contribution in [0.15, 0.2) is 48.7 Å². The Hall–Kier alpha value is -2.36. The zero-order valence-corrected chi connectivity index (χ0v) is 9.17. The molecule has 4 nitrogen and oxygen atoms in total. The number of benzene rings is 1. The van der Waals surface area contributed by atoms with Gasteiger partial charge in [-0.3, -0.25) is 4.79 Å². The van der Waals surface area contributed by atoms with Crippen molar-refractivity contribution in [2.75, 3.05) is 0 Å². The molecule has 1 aromatic heterocycles. The largest absolute Gasteiger partial charge is 0.487 e. The molecule has 2 aromatic rings. The number of pyridine rings is 1. The van der Waals surface area contributed by atoms with Gasteiger partial charge in [-0.25, -0.2) is 4.98 Å². The number of nitrogens with zero attached hydrogens (tertiary/aromatic N) is 1. The van der Waals surface area contributed by atoms with Crippen LogP contribution in [0.4, 0.5) is 0 Å². The van der Waals surface area contributed by atoms with E-state index < -0.39 is 5.91 Å². The zero-order valence-electron chi connectivity index (χ0n) is 9.17. The Morgan fingerprint density at radius 1 is 1.18 bits per heavy atom. The predicted octanol–water partition coefficient (Wildman–Crippen LogP) is 1.76. The monoisotopic (exact) mass is 228 g/mol. The number of carbonyl (C=O) groups is 1. The van der Waals surface area contributed by atoms with Crippen molar-refractivity contribution in [1.29, 1.82) is 0 Å². The summed E-state index contributed by atoms with van der Waals surface area (Å²) < 4.78 is 5.51. The minimum atomic E-state index is -0.542. The third-order valence-electron chi connectivity index (χ3n) is 2.24. The lowest BCUT2D eigenvalue weighted by Gasteiger charge is -2.05. The van der Waals surface area contributed by atoms with Crippen molar-refractivity contribution in [2.24, 2.45) is 5.73 Å². The van der Waals surface area contributed by atoms with Crippen molar-refractivity contribution in [3.63, 3.8) is 0 Å². The molecule has 0 saturated heterocycles. The Kier molecular flexibility index (Phi) is 3.35. The van der Waals surface area contributed by atoms with Gasteiger partial charge in [0, 0.05) is 0 Å². The highest BCUT2D eigenvalue weighted by Crippen LogP contribution is 2.11. The first-order valence-electron chi connectivity index (χ1n) is 5.18. The van der Waals surface area contributed by atoms with Crippen molar-refractivity contribution < 1.29 is 9.53 Å². The molecule has 1 amide bonds. The van der Waals surface area contributed by atoms with E-state index in [1.165, 1.54) is 6.20 Å². The second-order valence-corrected chi connectivity index (χ2v) is 3.52. The molecule has 0 atom stereocenters. The van der Waals surface area contributed by atoms with Crippen LogP contribution in [-0.2, 0) is 6.61 Å². The van der Waals surface area contributed by atoms with Gasteiger partial charge < -0.3 is 10.5 Å². The Balaban J connectivity index is 1.98. The van der Waals surface area contributed by atoms with Crippen LogP contribution in [0.1, 0.15) is 16.1 Å². The standard InChI is InChI=1S/C13H12N2O2/c14-13(16)12-7-6-11(8-15-12)17-9-10-4-2-1-3-5-10/h1-8H,9H2,(H2,14,16). The second kappa shape index (κ2) is 5.12. The van der Waals surface area contributed by atoms with Crippen LogP contribution in [0.5, 0.6) is 5.75 Å². The summed E-state index contributed by atoms with van der Waals surface area (Å²) in [6.07, 6.45) is 1.49. The molecule has 0 radical (unpaired) electrons. The summed E-state index contributed by atoms with van der Waals surface area (Å²) in [6, 6.07) is 13.0. The quantitative estimate of drug-likeness (QED) is 0.867. The number of carbonyl (C=O) groups excluding carboxylic acids is 1. The minimum absolute atomic E-state index is 0.233. The molecule has 0 spiro atoms. The van der Waals surface area contributed by atoms with Crippen LogP contribution < -0.4 is 10.5 Å². The Bertz CT molecular complexity index is 495. The molecule has 2 rings (SSSR count). The van der Waals surface area contributed by atoms with Crippen LogP contribution in [0.25, 0.3) is 0 Å². The maximum Gasteiger partial charge on any atom is 0.267 e. The highest BCUT2D eigenvalue weighted by atomic mass is 16.5. The first-order valence-corrected chi connectivity index (χ1v) is 5.18. The van der Waals surface area contributed by atoms with E-state index in [9.17, 15) is 4.79 Å². The number of aromatic nitrogens is 1. The summed E-state index contributed by atoms with van der Waals surface area (Å²) >= 11 is 0. The molecule has 0 saturated carbocycles. The molecule has 1 aromatic carbocycles. The van der Waals surface area contributed by atoms with Gasteiger partial charge in [0.2, 0.25) is 0 Å². The minimum Gasteiger partial charge on any atom is -0.487 e. The van der Waals surface area contributed by atoms with Gasteiger partial charge >= 0.3 is 0 Å². The van der Waals surface area contributed by atoms with E-state index in [2.05, 4.69) is 4.98 Å². The van der Waals surface area contributed by atoms with E-state index in [-0.39, 0.29) is 5.69 Å². The Morgan fingerprint density at radius 3 is 2.53 bits per heavy atom. The fourth-order valence-corrected chi connectivity index (χ4v) is 1.35. The highest BCUT2D eigenvalue weighted by Gasteiger charge is 2.01. The molecule has 86 valence electrons. The van der Waals surface area contributed by atoms with Gasteiger partial charge in [-0.05, 0) is 17.7 Å². The van der Waals surface area contributed by atoms with Crippen LogP contribution in [0, 0.1) is 0 Å². The lowest BCUT2D eigenvalue weighted by molar-refractivity contribution is 0.0995. The van der Waals surface area contributed by atoms with Crippen molar-refractivity contribution in [3.05, 3.63) is 59.9 Å². The summed E-state index contributed by atoms with van der Waals surface area (Å²) in [5, 5.41) is 0. The number of hydrogen-bond donors (Lipinski definition) is 1. The molecule has 2 N–H and O–H groups in total. The maximum atomic E-state index is 10.8. The molecular weight excluding hydrogens is 216 g/mol. The first kappa shape index (κ1) is 11.1. The van der Waals surface area contributed by atoms with Gasteiger partial charge in [0.25, 0.3) is 5.91 Å². The van der Waals surface area contributed by atoms with E-state index in [0.29, 0.717) is 12.4 Å². The summed E-state index contributed by atoms with van der Waals surface area (Å²) in [7, 11) is 0. The van der Waals surface area contributed by atoms with Gasteiger partial charge in [0.15, 0.2) is 0 Å². The number of nitrogens with two attached hydrogens (primary N) is 1. The average Bonchev–Trinajstić information content (AvgIpc) is 2.38. The van der Waals surface area contributed by atoms with E-state index in [1.54, 1.807) is 12.1 Å². The Labute approximate surface area is 99.1 Å². The van der Waals surface area contributed by atoms with Crippen LogP contribution in [-0.4, -0.2) is 10.9 Å². The smallest absolute Gasteiger partial charge is 0.267 e. The molecule has 0 aliphatic carbocycles. The number of amides is 1. The van der Waals surface area contributed by atoms with Crippen LogP contribution in [0.2, 0.25) is 0 Å². The Morgan fingerprint density at radius 2 is 1.94 bits per heavy atom. The van der Waals surface area contributed by atoms with Crippen LogP contribution >= 0.6 is 0 Å². The van der Waals surface area contributed by atoms with Crippen molar-refractivity contribution in [3.8, 4) is 5.75 Å². The van der Waals surface area contributed by atoms with Crippen LogP contribution in [0.3, 0.4) is 0 Å². The molecule has 0 bridgehead atoms. The number of rotatable bonds is 4. The molecule has 0 aliphatic heterocycles. The summed E-state index contributed by atoms with van der Waals surface area (Å²) in [4.78, 5) is 14.7. The van der Waals surface area contributed by atoms with E-state index in [0.717, 1.165) is 5.56 Å². The number of hydrogen-bond acceptors (Lipinski definition) is 3. The topological polar surface area (TPSA) is 65.2 Å². The second-order valence-electron chi connectivity index (χ2n) is 3.52. The van der Waals surface area contributed by atoms with E-state index in [4.69, 9.17) is 10.5 Å². The lowest BCUT2D eigenvalue weighted by atomic mass is 10.2. The van der Waals surface area contributed by atoms with Gasteiger partial charge in [-0.1, -0.05) is 30.3 Å². The molecule has 1 heterocycles. The van der Waals surface area contributed by atoms with Crippen molar-refractivity contribution in [1.82, 2.24) is 4.98 Å². The molecule has 0 aliphatic rings. The fourth-order valence-electron chi connectivity index (χ4n) is 1.35. The maximum absolute atomic E-state index is 10.8. The summed E-state index contributed by atoms with van der Waals surface area (Å²) in [5.41, 5.74) is 6.40. The van der Waals surface area contributed by atoms with Gasteiger partial charge in [-0.2, -0.15) is 0 Å². The van der Waals surface area contributed by atoms with Crippen molar-refractivity contribution in [2.45, 2.75) is 6.61 Å². The normalized spacial score (nSPS) is 9.88. The van der Waals surface area contributed by atoms with Gasteiger partial charge in [0.05, 0.1) is 6.20 Å². The molecule has 17 heavy (non-hydrogen) atoms. The first-order chi connectivity index (χ1) is 8.25. The fraction of sp³-hybridized carbons (Fsp3) is 0.0769. The van der Waals surface area contributed by atoms with Crippen molar-refractivity contribution >= 4 is 5.91 Å². The highest BCUT2D eigenvalue weighted by molar-refractivity contribution is 5.90. The molecular formula is C13H12N2O2. The summed E-state index contributed by atoms with van der Waals surface area (Å²) in [5.74, 6) is 0.0680. The molecule has 0 fully saturated rings. The molecule has 4 heteroatoms. The SMILES string of the molecule is NC(=O)c1ccc(OCc2ccccc2)cn1. The number of ether oxygens (including phenoxy) is 1. The lowest BCUT2D eigenvalue weighted by Crippen LogP contribution is -2.12. The van der Waals surface area contributed by atoms with E-state index in [1.807, 2.05) is 30.3 Å². The zero-order chi connectivity index (χ0) is 12.1. The number of primary amides is 1. The predicted molar refractivity (Wildman–Crippen MR) is 63.5 cm³/mol. The van der Waals surface area contributed by atoms with Gasteiger partial charge in [-0.15, -0.1) is 0 Å². The molecule has 0 unspecified atom stereocenters. The average molecular weight is 228 g/mol. The third kappa shape index (κ3) is 3.04. The van der Waals surface area contributed by atoms with E-state index >= 15 is 0 Å². The summed E-state index contributed by atoms with van der Waals surface area (Å²) in [6.45, 7) is 0.471. The third-order valence-corrected chi connectivity index (χ3v) is 2.24. The van der Waals surface area contributed by atoms with Gasteiger partial charge in [0.1, 0.15) is 18.1 Å².